The number of nitrogens with zero attached hydrogens (tertiary/aromatic N) is 1. The van der Waals surface area contributed by atoms with Crippen LogP contribution >= 0.6 is 22.9 Å². The largest absolute Gasteiger partial charge is 0.279 e. The maximum atomic E-state index is 12.8. The van der Waals surface area contributed by atoms with Crippen LogP contribution in [0.1, 0.15) is 19.3 Å². The van der Waals surface area contributed by atoms with Crippen LogP contribution in [0.3, 0.4) is 0 Å². The van der Waals surface area contributed by atoms with Gasteiger partial charge in [0.2, 0.25) is 10.0 Å². The molecule has 1 aliphatic rings. The quantitative estimate of drug-likeness (QED) is 0.803. The second-order valence-electron chi connectivity index (χ2n) is 5.65. The van der Waals surface area contributed by atoms with Crippen molar-refractivity contribution in [1.29, 1.82) is 0 Å². The van der Waals surface area contributed by atoms with Gasteiger partial charge in [-0.1, -0.05) is 24.1 Å². The molecule has 0 bridgehead atoms. The minimum Gasteiger partial charge on any atom is -0.279 e. The average molecular weight is 421 g/mol. The summed E-state index contributed by atoms with van der Waals surface area (Å²) in [5, 5.41) is 1.73. The van der Waals surface area contributed by atoms with Gasteiger partial charge in [-0.25, -0.2) is 16.8 Å². The number of rotatable bonds is 5. The zero-order valence-corrected chi connectivity index (χ0v) is 16.4. The highest BCUT2D eigenvalue weighted by atomic mass is 35.5. The Morgan fingerprint density at radius 1 is 1.04 bits per heavy atom. The molecule has 10 heteroatoms. The predicted molar refractivity (Wildman–Crippen MR) is 99.2 cm³/mol. The number of sulfonamides is 2. The monoisotopic (exact) mass is 420 g/mol. The van der Waals surface area contributed by atoms with E-state index in [1.54, 1.807) is 11.4 Å². The zero-order valence-electron chi connectivity index (χ0n) is 13.2. The first-order chi connectivity index (χ1) is 11.8. The number of anilines is 1. The average Bonchev–Trinajstić information content (AvgIpc) is 3.13. The molecule has 1 aliphatic heterocycles. The van der Waals surface area contributed by atoms with Crippen LogP contribution in [0.25, 0.3) is 0 Å². The van der Waals surface area contributed by atoms with E-state index in [9.17, 15) is 16.8 Å². The van der Waals surface area contributed by atoms with Crippen LogP contribution in [-0.2, 0) is 20.0 Å². The third kappa shape index (κ3) is 4.01. The fourth-order valence-electron chi connectivity index (χ4n) is 2.63. The van der Waals surface area contributed by atoms with Gasteiger partial charge in [-0.05, 0) is 42.5 Å². The Kier molecular flexibility index (Phi) is 5.40. The maximum Gasteiger partial charge on any atom is 0.271 e. The summed E-state index contributed by atoms with van der Waals surface area (Å²) in [4.78, 5) is -0.0811. The van der Waals surface area contributed by atoms with Crippen molar-refractivity contribution < 1.29 is 16.8 Å². The SMILES string of the molecule is O=S(=O)(Nc1ccc(Cl)c(S(=O)(=O)N2CCCCC2)c1)c1cccs1. The highest BCUT2D eigenvalue weighted by molar-refractivity contribution is 7.94. The van der Waals surface area contributed by atoms with Crippen molar-refractivity contribution in [1.82, 2.24) is 4.31 Å². The smallest absolute Gasteiger partial charge is 0.271 e. The molecule has 2 aromatic rings. The molecule has 0 spiro atoms. The van der Waals surface area contributed by atoms with E-state index in [0.717, 1.165) is 30.6 Å². The van der Waals surface area contributed by atoms with Crippen molar-refractivity contribution in [2.75, 3.05) is 17.8 Å². The van der Waals surface area contributed by atoms with Crippen LogP contribution in [0.2, 0.25) is 5.02 Å². The van der Waals surface area contributed by atoms with Crippen molar-refractivity contribution in [2.24, 2.45) is 0 Å². The Balaban J connectivity index is 1.93. The fourth-order valence-corrected chi connectivity index (χ4v) is 6.69. The number of benzene rings is 1. The summed E-state index contributed by atoms with van der Waals surface area (Å²) < 4.78 is 54.2. The van der Waals surface area contributed by atoms with Gasteiger partial charge in [0.1, 0.15) is 9.10 Å². The first-order valence-corrected chi connectivity index (χ1v) is 11.8. The van der Waals surface area contributed by atoms with E-state index < -0.39 is 20.0 Å². The molecule has 1 N–H and O–H groups in total. The Hall–Kier alpha value is -1.13. The van der Waals surface area contributed by atoms with Gasteiger partial charge in [0.05, 0.1) is 10.7 Å². The summed E-state index contributed by atoms with van der Waals surface area (Å²) in [5.74, 6) is 0. The van der Waals surface area contributed by atoms with Crippen LogP contribution in [0, 0.1) is 0 Å². The molecule has 1 fully saturated rings. The summed E-state index contributed by atoms with van der Waals surface area (Å²) in [6.45, 7) is 0.896. The lowest BCUT2D eigenvalue weighted by Gasteiger charge is -2.26. The van der Waals surface area contributed by atoms with Crippen LogP contribution in [0.5, 0.6) is 0 Å². The fraction of sp³-hybridized carbons (Fsp3) is 0.333. The Labute approximate surface area is 156 Å². The Bertz CT molecular complexity index is 951. The van der Waals surface area contributed by atoms with Gasteiger partial charge < -0.3 is 0 Å². The summed E-state index contributed by atoms with van der Waals surface area (Å²) in [6, 6.07) is 7.23. The zero-order chi connectivity index (χ0) is 18.1. The maximum absolute atomic E-state index is 12.8. The molecule has 6 nitrogen and oxygen atoms in total. The summed E-state index contributed by atoms with van der Waals surface area (Å²) in [6.07, 6.45) is 2.61. The summed E-state index contributed by atoms with van der Waals surface area (Å²) in [7, 11) is -7.51. The van der Waals surface area contributed by atoms with Gasteiger partial charge in [0, 0.05) is 13.1 Å². The molecule has 0 radical (unpaired) electrons. The molecule has 0 atom stereocenters. The van der Waals surface area contributed by atoms with Crippen molar-refractivity contribution >= 4 is 48.7 Å². The van der Waals surface area contributed by atoms with E-state index >= 15 is 0 Å². The molecule has 136 valence electrons. The number of nitrogens with one attached hydrogen (secondary N) is 1. The molecular formula is C15H17ClN2O4S3. The molecule has 0 saturated carbocycles. The molecule has 0 aliphatic carbocycles. The highest BCUT2D eigenvalue weighted by Crippen LogP contribution is 2.30. The third-order valence-electron chi connectivity index (χ3n) is 3.88. The number of hydrogen-bond acceptors (Lipinski definition) is 5. The summed E-state index contributed by atoms with van der Waals surface area (Å²) >= 11 is 7.17. The number of hydrogen-bond donors (Lipinski definition) is 1. The van der Waals surface area contributed by atoms with Crippen molar-refractivity contribution in [2.45, 2.75) is 28.4 Å². The predicted octanol–water partition coefficient (Wildman–Crippen LogP) is 3.38. The molecule has 0 unspecified atom stereocenters. The lowest BCUT2D eigenvalue weighted by molar-refractivity contribution is 0.346. The minimum absolute atomic E-state index is 0.0737. The number of thiophene rings is 1. The molecular weight excluding hydrogens is 404 g/mol. The Morgan fingerprint density at radius 3 is 2.40 bits per heavy atom. The van der Waals surface area contributed by atoms with Gasteiger partial charge in [-0.2, -0.15) is 4.31 Å². The van der Waals surface area contributed by atoms with Gasteiger partial charge in [-0.15, -0.1) is 11.3 Å². The number of piperidine rings is 1. The molecule has 25 heavy (non-hydrogen) atoms. The molecule has 2 heterocycles. The molecule has 1 aromatic heterocycles. The molecule has 3 rings (SSSR count). The van der Waals surface area contributed by atoms with Gasteiger partial charge in [0.25, 0.3) is 10.0 Å². The Morgan fingerprint density at radius 2 is 1.76 bits per heavy atom. The standard InChI is InChI=1S/C15H17ClN2O4S3/c16-13-7-6-12(17-24(19,20)15-5-4-10-23-15)11-14(13)25(21,22)18-8-2-1-3-9-18/h4-7,10-11,17H,1-3,8-9H2. The van der Waals surface area contributed by atoms with Crippen LogP contribution < -0.4 is 4.72 Å². The first-order valence-electron chi connectivity index (χ1n) is 7.67. The van der Waals surface area contributed by atoms with Crippen molar-refractivity contribution in [3.63, 3.8) is 0 Å². The molecule has 1 aromatic carbocycles. The van der Waals surface area contributed by atoms with Crippen LogP contribution in [0.4, 0.5) is 5.69 Å². The van der Waals surface area contributed by atoms with Crippen molar-refractivity contribution in [3.05, 3.63) is 40.7 Å². The van der Waals surface area contributed by atoms with E-state index in [-0.39, 0.29) is 19.8 Å². The van der Waals surface area contributed by atoms with Crippen LogP contribution in [-0.4, -0.2) is 34.2 Å². The van der Waals surface area contributed by atoms with E-state index in [1.165, 1.54) is 28.6 Å². The minimum atomic E-state index is -3.76. The van der Waals surface area contributed by atoms with Crippen molar-refractivity contribution in [3.8, 4) is 0 Å². The highest BCUT2D eigenvalue weighted by Gasteiger charge is 2.28. The second-order valence-corrected chi connectivity index (χ2v) is 10.8. The van der Waals surface area contributed by atoms with E-state index in [0.29, 0.717) is 13.1 Å². The third-order valence-corrected chi connectivity index (χ3v) is 9.04. The summed E-state index contributed by atoms with van der Waals surface area (Å²) in [5.41, 5.74) is 0.161. The first kappa shape index (κ1) is 18.7. The van der Waals surface area contributed by atoms with E-state index in [2.05, 4.69) is 4.72 Å². The molecule has 0 amide bonds. The van der Waals surface area contributed by atoms with Gasteiger partial charge in [-0.3, -0.25) is 4.72 Å². The van der Waals surface area contributed by atoms with E-state index in [1.807, 2.05) is 0 Å². The lowest BCUT2D eigenvalue weighted by atomic mass is 10.2. The van der Waals surface area contributed by atoms with Crippen LogP contribution in [0.15, 0.2) is 44.8 Å². The van der Waals surface area contributed by atoms with E-state index in [4.69, 9.17) is 11.6 Å². The lowest BCUT2D eigenvalue weighted by Crippen LogP contribution is -2.35. The van der Waals surface area contributed by atoms with Gasteiger partial charge >= 0.3 is 0 Å². The van der Waals surface area contributed by atoms with Gasteiger partial charge in [0.15, 0.2) is 0 Å². The normalized spacial score (nSPS) is 16.7. The molecule has 1 saturated heterocycles. The number of halogens is 1. The topological polar surface area (TPSA) is 83.5 Å². The second kappa shape index (κ2) is 7.24.